The fourth-order valence-electron chi connectivity index (χ4n) is 8.51. The van der Waals surface area contributed by atoms with Crippen molar-refractivity contribution in [1.29, 1.82) is 0 Å². The Kier molecular flexibility index (Phi) is 3.91. The zero-order chi connectivity index (χ0) is 21.9. The normalized spacial score (nSPS) is 37.6. The molecular weight excluding hydrogens is 391 g/mol. The molecule has 6 aliphatic rings. The molecule has 1 aliphatic heterocycles. The molecule has 166 valence electrons. The van der Waals surface area contributed by atoms with E-state index in [0.717, 1.165) is 30.3 Å². The van der Waals surface area contributed by atoms with Gasteiger partial charge in [-0.1, -0.05) is 56.3 Å². The average molecular weight is 426 g/mol. The smallest absolute Gasteiger partial charge is 0.407 e. The van der Waals surface area contributed by atoms with Crippen LogP contribution in [0, 0.1) is 29.1 Å². The van der Waals surface area contributed by atoms with E-state index in [-0.39, 0.29) is 23.5 Å². The quantitative estimate of drug-likeness (QED) is 0.524. The molecule has 0 amide bonds. The van der Waals surface area contributed by atoms with Gasteiger partial charge in [0.15, 0.2) is 0 Å². The second-order valence-corrected chi connectivity index (χ2v) is 12.6. The summed E-state index contributed by atoms with van der Waals surface area (Å²) in [6.45, 7) is 9.71. The Morgan fingerprint density at radius 1 is 0.781 bits per heavy atom. The molecule has 2 aromatic carbocycles. The molecule has 0 unspecified atom stereocenters. The summed E-state index contributed by atoms with van der Waals surface area (Å²) >= 11 is 0. The maximum absolute atomic E-state index is 6.76. The average Bonchev–Trinajstić information content (AvgIpc) is 3.05. The fraction of sp³-hybridized carbons (Fsp3) is 0.586. The maximum Gasteiger partial charge on any atom is 0.494 e. The van der Waals surface area contributed by atoms with Crippen LogP contribution < -0.4 is 5.46 Å². The highest BCUT2D eigenvalue weighted by molar-refractivity contribution is 6.62. The van der Waals surface area contributed by atoms with Crippen molar-refractivity contribution in [3.05, 3.63) is 53.6 Å². The Morgan fingerprint density at radius 2 is 1.44 bits per heavy atom. The van der Waals surface area contributed by atoms with Crippen LogP contribution in [-0.2, 0) is 14.7 Å². The van der Waals surface area contributed by atoms with Crippen molar-refractivity contribution >= 4 is 12.6 Å². The molecule has 8 rings (SSSR count). The van der Waals surface area contributed by atoms with Gasteiger partial charge in [0, 0.05) is 17.4 Å². The maximum atomic E-state index is 6.76. The lowest BCUT2D eigenvalue weighted by atomic mass is 9.42. The Hall–Kier alpha value is -1.58. The van der Waals surface area contributed by atoms with Crippen molar-refractivity contribution < 1.29 is 9.31 Å². The topological polar surface area (TPSA) is 18.5 Å². The largest absolute Gasteiger partial charge is 0.494 e. The number of hydrogen-bond donors (Lipinski definition) is 0. The van der Waals surface area contributed by atoms with Crippen molar-refractivity contribution in [3.63, 3.8) is 0 Å². The Labute approximate surface area is 193 Å². The lowest BCUT2D eigenvalue weighted by molar-refractivity contribution is -0.0940. The number of hydrogen-bond acceptors (Lipinski definition) is 2. The predicted octanol–water partition coefficient (Wildman–Crippen LogP) is 5.96. The first kappa shape index (κ1) is 19.9. The monoisotopic (exact) mass is 426 g/mol. The molecule has 5 aliphatic carbocycles. The lowest BCUT2D eigenvalue weighted by Crippen LogP contribution is -2.61. The first-order valence-corrected chi connectivity index (χ1v) is 12.8. The Morgan fingerprint density at radius 3 is 2.12 bits per heavy atom. The molecule has 1 spiro atoms. The van der Waals surface area contributed by atoms with Crippen LogP contribution in [0.2, 0.25) is 0 Å². The Bertz CT molecular complexity index is 1070. The van der Waals surface area contributed by atoms with E-state index in [9.17, 15) is 0 Å². The molecule has 0 N–H and O–H groups in total. The van der Waals surface area contributed by atoms with E-state index in [2.05, 4.69) is 70.2 Å². The molecule has 32 heavy (non-hydrogen) atoms. The highest BCUT2D eigenvalue weighted by atomic mass is 16.6. The fourth-order valence-corrected chi connectivity index (χ4v) is 8.51. The summed E-state index contributed by atoms with van der Waals surface area (Å²) in [5.41, 5.74) is 7.29. The predicted molar refractivity (Wildman–Crippen MR) is 130 cm³/mol. The van der Waals surface area contributed by atoms with E-state index in [1.54, 1.807) is 11.1 Å². The number of rotatable bonds is 1. The van der Waals surface area contributed by atoms with Gasteiger partial charge in [-0.3, -0.25) is 0 Å². The van der Waals surface area contributed by atoms with Gasteiger partial charge in [-0.2, -0.15) is 0 Å². The zero-order valence-electron chi connectivity index (χ0n) is 20.0. The van der Waals surface area contributed by atoms with Crippen LogP contribution in [0.1, 0.15) is 70.9 Å². The molecule has 0 aromatic heterocycles. The summed E-state index contributed by atoms with van der Waals surface area (Å²) in [6.07, 6.45) is 7.09. The standard InChI is InChI=1S/C29H35BO2/c1-27(2)17-31-30(32-28(27,3)4)25-11-7-9-23-22-8-5-6-10-24(22)29(26(23)25)20-13-18-12-19(15-20)16-21(29)14-18/h5-11,18-21H,12-17H2,1-4H3. The summed E-state index contributed by atoms with van der Waals surface area (Å²) in [5, 5.41) is 0. The van der Waals surface area contributed by atoms with Crippen molar-refractivity contribution in [2.75, 3.05) is 6.61 Å². The summed E-state index contributed by atoms with van der Waals surface area (Å²) in [6, 6.07) is 16.2. The zero-order valence-corrected chi connectivity index (χ0v) is 20.0. The van der Waals surface area contributed by atoms with Crippen molar-refractivity contribution in [3.8, 4) is 11.1 Å². The van der Waals surface area contributed by atoms with Gasteiger partial charge in [0.05, 0.1) is 5.60 Å². The molecule has 4 bridgehead atoms. The van der Waals surface area contributed by atoms with E-state index in [4.69, 9.17) is 9.31 Å². The van der Waals surface area contributed by atoms with E-state index in [1.165, 1.54) is 48.7 Å². The molecule has 4 saturated carbocycles. The highest BCUT2D eigenvalue weighted by Gasteiger charge is 2.63. The number of fused-ring (bicyclic) bond motifs is 3. The highest BCUT2D eigenvalue weighted by Crippen LogP contribution is 2.69. The Balaban J connectivity index is 1.44. The first-order valence-electron chi connectivity index (χ1n) is 12.8. The van der Waals surface area contributed by atoms with Crippen LogP contribution in [0.3, 0.4) is 0 Å². The van der Waals surface area contributed by atoms with E-state index in [1.807, 2.05) is 0 Å². The first-order chi connectivity index (χ1) is 15.3. The molecule has 3 heteroatoms. The van der Waals surface area contributed by atoms with Crippen molar-refractivity contribution in [1.82, 2.24) is 0 Å². The van der Waals surface area contributed by atoms with Crippen molar-refractivity contribution in [2.45, 2.75) is 70.8 Å². The van der Waals surface area contributed by atoms with Gasteiger partial charge in [0.1, 0.15) is 0 Å². The van der Waals surface area contributed by atoms with E-state index >= 15 is 0 Å². The lowest BCUT2D eigenvalue weighted by Gasteiger charge is -2.61. The molecule has 0 atom stereocenters. The molecule has 0 radical (unpaired) electrons. The molecular formula is C29H35BO2. The molecule has 1 heterocycles. The minimum Gasteiger partial charge on any atom is -0.407 e. The van der Waals surface area contributed by atoms with Crippen LogP contribution in [-0.4, -0.2) is 19.3 Å². The van der Waals surface area contributed by atoms with Crippen LogP contribution in [0.4, 0.5) is 0 Å². The van der Waals surface area contributed by atoms with Gasteiger partial charge in [-0.25, -0.2) is 0 Å². The van der Waals surface area contributed by atoms with Crippen LogP contribution in [0.15, 0.2) is 42.5 Å². The summed E-state index contributed by atoms with van der Waals surface area (Å²) in [4.78, 5) is 0. The minimum absolute atomic E-state index is 0.00920. The van der Waals surface area contributed by atoms with Crippen LogP contribution in [0.25, 0.3) is 11.1 Å². The van der Waals surface area contributed by atoms with E-state index < -0.39 is 0 Å². The van der Waals surface area contributed by atoms with Gasteiger partial charge in [-0.05, 0) is 97.3 Å². The third-order valence-corrected chi connectivity index (χ3v) is 10.5. The second-order valence-electron chi connectivity index (χ2n) is 12.6. The van der Waals surface area contributed by atoms with Gasteiger partial charge in [0.2, 0.25) is 0 Å². The minimum atomic E-state index is -0.281. The van der Waals surface area contributed by atoms with Crippen molar-refractivity contribution in [2.24, 2.45) is 29.1 Å². The second kappa shape index (κ2) is 6.30. The van der Waals surface area contributed by atoms with Gasteiger partial charge >= 0.3 is 7.12 Å². The van der Waals surface area contributed by atoms with Gasteiger partial charge < -0.3 is 9.31 Å². The molecule has 1 saturated heterocycles. The summed E-state index contributed by atoms with van der Waals surface area (Å²) in [7, 11) is -0.281. The molecule has 2 aromatic rings. The number of benzene rings is 2. The van der Waals surface area contributed by atoms with E-state index in [0.29, 0.717) is 0 Å². The molecule has 2 nitrogen and oxygen atoms in total. The van der Waals surface area contributed by atoms with Crippen LogP contribution in [0.5, 0.6) is 0 Å². The molecule has 5 fully saturated rings. The third kappa shape index (κ3) is 2.35. The van der Waals surface area contributed by atoms with Crippen LogP contribution >= 0.6 is 0 Å². The van der Waals surface area contributed by atoms with Gasteiger partial charge in [-0.15, -0.1) is 0 Å². The summed E-state index contributed by atoms with van der Waals surface area (Å²) in [5.74, 6) is 3.42. The summed E-state index contributed by atoms with van der Waals surface area (Å²) < 4.78 is 13.3. The SMILES string of the molecule is CC1(C)COB(c2cccc3c2C2(c4ccccc4-3)C3CC4CC(C3)CC2C4)OC1(C)C. The third-order valence-electron chi connectivity index (χ3n) is 10.5. The van der Waals surface area contributed by atoms with Gasteiger partial charge in [0.25, 0.3) is 0 Å².